The van der Waals surface area contributed by atoms with Gasteiger partial charge in [0.25, 0.3) is 0 Å². The molecule has 3 nitrogen and oxygen atoms in total. The zero-order valence-corrected chi connectivity index (χ0v) is 13.2. The highest BCUT2D eigenvalue weighted by Crippen LogP contribution is 2.51. The molecule has 1 saturated carbocycles. The molecule has 3 aliphatic rings. The molecule has 3 fully saturated rings. The molecule has 0 spiro atoms. The molecule has 3 rings (SSSR count). The van der Waals surface area contributed by atoms with Crippen molar-refractivity contribution in [1.82, 2.24) is 0 Å². The van der Waals surface area contributed by atoms with Gasteiger partial charge in [0.2, 0.25) is 0 Å². The molecule has 0 N–H and O–H groups in total. The third kappa shape index (κ3) is 1.89. The predicted octanol–water partition coefficient (Wildman–Crippen LogP) is 3.02. The molecule has 2 bridgehead atoms. The Morgan fingerprint density at radius 2 is 1.72 bits per heavy atom. The lowest BCUT2D eigenvalue weighted by molar-refractivity contribution is -0.168. The van der Waals surface area contributed by atoms with Crippen molar-refractivity contribution >= 4 is 8.32 Å². The van der Waals surface area contributed by atoms with Crippen molar-refractivity contribution in [3.8, 4) is 0 Å². The minimum atomic E-state index is -1.68. The summed E-state index contributed by atoms with van der Waals surface area (Å²) in [4.78, 5) is 0. The molecule has 104 valence electrons. The third-order valence-electron chi connectivity index (χ3n) is 5.53. The fourth-order valence-electron chi connectivity index (χ4n) is 3.37. The normalized spacial score (nSPS) is 43.5. The first-order chi connectivity index (χ1) is 8.29. The van der Waals surface area contributed by atoms with E-state index < -0.39 is 8.32 Å². The molecule has 0 radical (unpaired) electrons. The summed E-state index contributed by atoms with van der Waals surface area (Å²) in [6, 6.07) is 0. The standard InChI is InChI=1S/C14H26O3Si/c1-14(2,3)18(4,5)17-12-9-6-10-11(12)8-16-13(10)15-7-9/h9-13H,6-8H2,1-5H3. The molecular weight excluding hydrogens is 244 g/mol. The van der Waals surface area contributed by atoms with Gasteiger partial charge >= 0.3 is 0 Å². The molecule has 5 atom stereocenters. The molecule has 0 aromatic rings. The number of hydrogen-bond donors (Lipinski definition) is 0. The summed E-state index contributed by atoms with van der Waals surface area (Å²) in [5, 5.41) is 0.281. The van der Waals surface area contributed by atoms with Gasteiger partial charge < -0.3 is 13.9 Å². The van der Waals surface area contributed by atoms with Gasteiger partial charge in [-0.05, 0) is 24.6 Å². The summed E-state index contributed by atoms with van der Waals surface area (Å²) in [5.41, 5.74) is 0. The van der Waals surface area contributed by atoms with Crippen LogP contribution < -0.4 is 0 Å². The van der Waals surface area contributed by atoms with E-state index in [1.165, 1.54) is 6.42 Å². The van der Waals surface area contributed by atoms with E-state index in [0.717, 1.165) is 13.2 Å². The first kappa shape index (κ1) is 13.1. The Bertz CT molecular complexity index is 336. The second-order valence-corrected chi connectivity index (χ2v) is 12.5. The molecule has 2 aliphatic heterocycles. The lowest BCUT2D eigenvalue weighted by Crippen LogP contribution is -2.47. The summed E-state index contributed by atoms with van der Waals surface area (Å²) in [6.45, 7) is 13.3. The van der Waals surface area contributed by atoms with E-state index in [-0.39, 0.29) is 11.3 Å². The molecule has 0 aromatic heterocycles. The quantitative estimate of drug-likeness (QED) is 0.722. The average molecular weight is 270 g/mol. The minimum absolute atomic E-state index is 0.0688. The monoisotopic (exact) mass is 270 g/mol. The van der Waals surface area contributed by atoms with Crippen LogP contribution in [0.3, 0.4) is 0 Å². The minimum Gasteiger partial charge on any atom is -0.413 e. The zero-order chi connectivity index (χ0) is 13.1. The van der Waals surface area contributed by atoms with E-state index in [9.17, 15) is 0 Å². The van der Waals surface area contributed by atoms with E-state index >= 15 is 0 Å². The molecule has 0 aromatic carbocycles. The SMILES string of the molecule is CC(C)(C)[Si](C)(C)OC1C2COC3OCC1C3C2. The molecule has 5 unspecified atom stereocenters. The third-order valence-corrected chi connectivity index (χ3v) is 10.00. The van der Waals surface area contributed by atoms with Gasteiger partial charge in [0, 0.05) is 17.8 Å². The van der Waals surface area contributed by atoms with E-state index in [0.29, 0.717) is 23.9 Å². The van der Waals surface area contributed by atoms with Crippen LogP contribution in [-0.4, -0.2) is 33.9 Å². The van der Waals surface area contributed by atoms with Crippen LogP contribution in [0, 0.1) is 17.8 Å². The van der Waals surface area contributed by atoms with Gasteiger partial charge in [0.05, 0.1) is 19.3 Å². The summed E-state index contributed by atoms with van der Waals surface area (Å²) in [5.74, 6) is 1.78. The van der Waals surface area contributed by atoms with E-state index in [1.54, 1.807) is 0 Å². The van der Waals surface area contributed by atoms with Gasteiger partial charge in [-0.25, -0.2) is 0 Å². The molecule has 2 saturated heterocycles. The Labute approximate surface area is 111 Å². The molecule has 2 heterocycles. The zero-order valence-electron chi connectivity index (χ0n) is 12.2. The maximum Gasteiger partial charge on any atom is 0.192 e. The summed E-state index contributed by atoms with van der Waals surface area (Å²) in [7, 11) is -1.68. The van der Waals surface area contributed by atoms with Gasteiger partial charge in [-0.15, -0.1) is 0 Å². The lowest BCUT2D eigenvalue weighted by atomic mass is 9.98. The maximum absolute atomic E-state index is 6.69. The number of hydrogen-bond acceptors (Lipinski definition) is 3. The highest BCUT2D eigenvalue weighted by molar-refractivity contribution is 6.74. The Morgan fingerprint density at radius 3 is 2.39 bits per heavy atom. The second kappa shape index (κ2) is 4.04. The lowest BCUT2D eigenvalue weighted by Gasteiger charge is -2.41. The smallest absolute Gasteiger partial charge is 0.192 e. The fourth-order valence-corrected chi connectivity index (χ4v) is 4.77. The Kier molecular flexibility index (Phi) is 2.94. The van der Waals surface area contributed by atoms with Gasteiger partial charge in [-0.1, -0.05) is 20.8 Å². The van der Waals surface area contributed by atoms with Crippen LogP contribution in [0.2, 0.25) is 18.1 Å². The van der Waals surface area contributed by atoms with Crippen molar-refractivity contribution in [2.45, 2.75) is 57.7 Å². The number of fused-ring (bicyclic) bond motifs is 1. The van der Waals surface area contributed by atoms with Gasteiger partial charge in [0.1, 0.15) is 0 Å². The van der Waals surface area contributed by atoms with Crippen molar-refractivity contribution < 1.29 is 13.9 Å². The molecule has 1 aliphatic carbocycles. The summed E-state index contributed by atoms with van der Waals surface area (Å²) < 4.78 is 18.2. The van der Waals surface area contributed by atoms with Crippen LogP contribution in [-0.2, 0) is 13.9 Å². The van der Waals surface area contributed by atoms with Crippen LogP contribution in [0.4, 0.5) is 0 Å². The largest absolute Gasteiger partial charge is 0.413 e. The van der Waals surface area contributed by atoms with Crippen molar-refractivity contribution in [2.24, 2.45) is 17.8 Å². The number of rotatable bonds is 2. The first-order valence-corrected chi connectivity index (χ1v) is 10.1. The van der Waals surface area contributed by atoms with Crippen molar-refractivity contribution in [2.75, 3.05) is 13.2 Å². The van der Waals surface area contributed by atoms with Crippen LogP contribution >= 0.6 is 0 Å². The van der Waals surface area contributed by atoms with E-state index in [2.05, 4.69) is 33.9 Å². The highest BCUT2D eigenvalue weighted by Gasteiger charge is 2.57. The van der Waals surface area contributed by atoms with Crippen LogP contribution in [0.25, 0.3) is 0 Å². The Morgan fingerprint density at radius 1 is 1.06 bits per heavy atom. The molecule has 18 heavy (non-hydrogen) atoms. The predicted molar refractivity (Wildman–Crippen MR) is 72.8 cm³/mol. The van der Waals surface area contributed by atoms with Crippen LogP contribution in [0.1, 0.15) is 27.2 Å². The van der Waals surface area contributed by atoms with Crippen molar-refractivity contribution in [3.63, 3.8) is 0 Å². The van der Waals surface area contributed by atoms with Gasteiger partial charge in [-0.2, -0.15) is 0 Å². The highest BCUT2D eigenvalue weighted by atomic mass is 28.4. The molecule has 4 heteroatoms. The van der Waals surface area contributed by atoms with Crippen LogP contribution in [0.5, 0.6) is 0 Å². The summed E-state index contributed by atoms with van der Waals surface area (Å²) >= 11 is 0. The fraction of sp³-hybridized carbons (Fsp3) is 1.00. The summed E-state index contributed by atoms with van der Waals surface area (Å²) in [6.07, 6.45) is 1.69. The van der Waals surface area contributed by atoms with Gasteiger partial charge in [0.15, 0.2) is 14.6 Å². The molecule has 0 amide bonds. The Balaban J connectivity index is 1.77. The van der Waals surface area contributed by atoms with Crippen LogP contribution in [0.15, 0.2) is 0 Å². The average Bonchev–Trinajstić information content (AvgIpc) is 2.74. The topological polar surface area (TPSA) is 27.7 Å². The number of ether oxygens (including phenoxy) is 2. The van der Waals surface area contributed by atoms with E-state index in [1.807, 2.05) is 0 Å². The van der Waals surface area contributed by atoms with Crippen molar-refractivity contribution in [3.05, 3.63) is 0 Å². The van der Waals surface area contributed by atoms with Gasteiger partial charge in [-0.3, -0.25) is 0 Å². The van der Waals surface area contributed by atoms with E-state index in [4.69, 9.17) is 13.9 Å². The van der Waals surface area contributed by atoms with Crippen molar-refractivity contribution in [1.29, 1.82) is 0 Å². The maximum atomic E-state index is 6.69. The molecular formula is C14H26O3Si. The Hall–Kier alpha value is 0.0969. The second-order valence-electron chi connectivity index (χ2n) is 7.70. The first-order valence-electron chi connectivity index (χ1n) is 7.20.